The molecule has 1 aromatic heterocycles. The fourth-order valence-corrected chi connectivity index (χ4v) is 3.19. The highest BCUT2D eigenvalue weighted by atomic mass is 16.5. The van der Waals surface area contributed by atoms with Crippen molar-refractivity contribution >= 4 is 11.0 Å². The van der Waals surface area contributed by atoms with Gasteiger partial charge in [-0.2, -0.15) is 0 Å². The number of hydrogen-bond donors (Lipinski definition) is 1. The number of ether oxygens (including phenoxy) is 2. The fourth-order valence-electron chi connectivity index (χ4n) is 3.19. The van der Waals surface area contributed by atoms with E-state index < -0.39 is 6.10 Å². The first-order valence-corrected chi connectivity index (χ1v) is 8.56. The number of para-hydroxylation sites is 2. The van der Waals surface area contributed by atoms with Crippen LogP contribution in [0.4, 0.5) is 0 Å². The van der Waals surface area contributed by atoms with Gasteiger partial charge in [0.15, 0.2) is 11.0 Å². The third-order valence-corrected chi connectivity index (χ3v) is 4.44. The van der Waals surface area contributed by atoms with Crippen molar-refractivity contribution in [2.45, 2.75) is 33.0 Å². The first-order valence-electron chi connectivity index (χ1n) is 8.56. The molecule has 0 amide bonds. The van der Waals surface area contributed by atoms with Gasteiger partial charge in [-0.3, -0.25) is 0 Å². The molecule has 0 spiro atoms. The van der Waals surface area contributed by atoms with Crippen LogP contribution < -0.4 is 14.0 Å². The highest BCUT2D eigenvalue weighted by molar-refractivity contribution is 5.72. The number of imidazole rings is 1. The van der Waals surface area contributed by atoms with Gasteiger partial charge in [0.2, 0.25) is 0 Å². The van der Waals surface area contributed by atoms with E-state index >= 15 is 0 Å². The van der Waals surface area contributed by atoms with E-state index in [0.29, 0.717) is 12.3 Å². The van der Waals surface area contributed by atoms with E-state index in [9.17, 15) is 5.11 Å². The van der Waals surface area contributed by atoms with E-state index in [2.05, 4.69) is 35.1 Å². The van der Waals surface area contributed by atoms with Crippen molar-refractivity contribution < 1.29 is 19.1 Å². The van der Waals surface area contributed by atoms with Gasteiger partial charge in [0.25, 0.3) is 5.82 Å². The molecule has 5 nitrogen and oxygen atoms in total. The number of aliphatic hydroxyl groups is 1. The summed E-state index contributed by atoms with van der Waals surface area (Å²) in [4.78, 5) is 0. The maximum atomic E-state index is 10.5. The molecule has 132 valence electrons. The second-order valence-electron chi connectivity index (χ2n) is 6.03. The zero-order valence-corrected chi connectivity index (χ0v) is 15.0. The van der Waals surface area contributed by atoms with E-state index in [1.807, 2.05) is 36.4 Å². The van der Waals surface area contributed by atoms with E-state index in [-0.39, 0.29) is 6.61 Å². The average molecular weight is 341 g/mol. The Hall–Kier alpha value is -2.53. The van der Waals surface area contributed by atoms with Crippen molar-refractivity contribution in [2.75, 3.05) is 13.7 Å². The standard InChI is InChI=1S/C20H25N2O3/c1-4-21-15(2)22(20-11-6-5-10-19(20)21)13-16(23)14-25-18-9-7-8-17(12-18)24-3/h5-12,16,23H,4,13-14H2,1-3H3/q+1/t16-/m1/s1. The molecule has 1 atom stereocenters. The lowest BCUT2D eigenvalue weighted by atomic mass is 10.3. The van der Waals surface area contributed by atoms with E-state index in [1.165, 1.54) is 5.52 Å². The minimum atomic E-state index is -0.606. The summed E-state index contributed by atoms with van der Waals surface area (Å²) in [5.74, 6) is 2.56. The second kappa shape index (κ2) is 7.57. The number of methoxy groups -OCH3 is 1. The van der Waals surface area contributed by atoms with Gasteiger partial charge in [-0.25, -0.2) is 9.13 Å². The van der Waals surface area contributed by atoms with Gasteiger partial charge in [-0.05, 0) is 31.2 Å². The SMILES string of the molecule is CCn1c(C)[n+](C[C@@H](O)COc2cccc(OC)c2)c2ccccc21. The summed E-state index contributed by atoms with van der Waals surface area (Å²) in [7, 11) is 1.62. The lowest BCUT2D eigenvalue weighted by Gasteiger charge is -2.12. The predicted octanol–water partition coefficient (Wildman–Crippen LogP) is 2.71. The maximum Gasteiger partial charge on any atom is 0.254 e. The summed E-state index contributed by atoms with van der Waals surface area (Å²) < 4.78 is 15.3. The largest absolute Gasteiger partial charge is 0.497 e. The Morgan fingerprint density at radius 1 is 1.12 bits per heavy atom. The van der Waals surface area contributed by atoms with Gasteiger partial charge in [-0.1, -0.05) is 18.2 Å². The van der Waals surface area contributed by atoms with Gasteiger partial charge in [-0.15, -0.1) is 0 Å². The summed E-state index contributed by atoms with van der Waals surface area (Å²) in [6, 6.07) is 15.7. The van der Waals surface area contributed by atoms with Crippen LogP contribution in [0.2, 0.25) is 0 Å². The summed E-state index contributed by atoms with van der Waals surface area (Å²) in [5.41, 5.74) is 2.31. The summed E-state index contributed by atoms with van der Waals surface area (Å²) in [5, 5.41) is 10.5. The number of aromatic nitrogens is 2. The molecule has 0 aliphatic rings. The molecule has 1 N–H and O–H groups in total. The Morgan fingerprint density at radius 3 is 2.64 bits per heavy atom. The quantitative estimate of drug-likeness (QED) is 0.672. The summed E-state index contributed by atoms with van der Waals surface area (Å²) in [6.45, 7) is 5.83. The highest BCUT2D eigenvalue weighted by Crippen LogP contribution is 2.19. The summed E-state index contributed by atoms with van der Waals surface area (Å²) in [6.07, 6.45) is -0.606. The molecule has 0 aliphatic heterocycles. The normalized spacial score (nSPS) is 12.3. The van der Waals surface area contributed by atoms with E-state index in [1.54, 1.807) is 7.11 Å². The Kier molecular flexibility index (Phi) is 5.24. The molecular weight excluding hydrogens is 316 g/mol. The third-order valence-electron chi connectivity index (χ3n) is 4.44. The van der Waals surface area contributed by atoms with Crippen molar-refractivity contribution in [1.29, 1.82) is 0 Å². The monoisotopic (exact) mass is 341 g/mol. The number of fused-ring (bicyclic) bond motifs is 1. The molecule has 0 saturated carbocycles. The first-order chi connectivity index (χ1) is 12.1. The first kappa shape index (κ1) is 17.3. The van der Waals surface area contributed by atoms with Gasteiger partial charge in [0.05, 0.1) is 13.7 Å². The average Bonchev–Trinajstić information content (AvgIpc) is 2.91. The van der Waals surface area contributed by atoms with Crippen LogP contribution >= 0.6 is 0 Å². The number of aliphatic hydroxyl groups excluding tert-OH is 1. The van der Waals surface area contributed by atoms with Crippen LogP contribution in [0.3, 0.4) is 0 Å². The summed E-state index contributed by atoms with van der Waals surface area (Å²) >= 11 is 0. The Bertz CT molecular complexity index is 857. The molecule has 1 heterocycles. The molecule has 0 fully saturated rings. The molecule has 0 bridgehead atoms. The Balaban J connectivity index is 1.74. The smallest absolute Gasteiger partial charge is 0.254 e. The fraction of sp³-hybridized carbons (Fsp3) is 0.350. The van der Waals surface area contributed by atoms with Crippen molar-refractivity contribution in [3.8, 4) is 11.5 Å². The van der Waals surface area contributed by atoms with Crippen molar-refractivity contribution in [2.24, 2.45) is 0 Å². The number of benzene rings is 2. The van der Waals surface area contributed by atoms with Crippen LogP contribution in [0.15, 0.2) is 48.5 Å². The van der Waals surface area contributed by atoms with Crippen LogP contribution in [0.25, 0.3) is 11.0 Å². The molecule has 3 aromatic rings. The van der Waals surface area contributed by atoms with E-state index in [0.717, 1.165) is 23.6 Å². The maximum absolute atomic E-state index is 10.5. The van der Waals surface area contributed by atoms with Crippen molar-refractivity contribution in [3.05, 3.63) is 54.4 Å². The van der Waals surface area contributed by atoms with Gasteiger partial charge in [0.1, 0.15) is 30.8 Å². The molecule has 0 saturated heterocycles. The molecule has 0 unspecified atom stereocenters. The van der Waals surface area contributed by atoms with Gasteiger partial charge in [0, 0.05) is 13.0 Å². The molecule has 25 heavy (non-hydrogen) atoms. The molecule has 2 aromatic carbocycles. The van der Waals surface area contributed by atoms with Gasteiger partial charge >= 0.3 is 0 Å². The number of aryl methyl sites for hydroxylation is 1. The Labute approximate surface area is 148 Å². The van der Waals surface area contributed by atoms with Crippen LogP contribution in [0, 0.1) is 6.92 Å². The topological polar surface area (TPSA) is 47.5 Å². The molecule has 0 aliphatic carbocycles. The lowest BCUT2D eigenvalue weighted by molar-refractivity contribution is -0.685. The molecule has 0 radical (unpaired) electrons. The molecular formula is C20H25N2O3+. The minimum absolute atomic E-state index is 0.227. The number of hydrogen-bond acceptors (Lipinski definition) is 3. The Morgan fingerprint density at radius 2 is 1.88 bits per heavy atom. The van der Waals surface area contributed by atoms with Crippen molar-refractivity contribution in [3.63, 3.8) is 0 Å². The minimum Gasteiger partial charge on any atom is -0.497 e. The molecule has 3 rings (SSSR count). The third kappa shape index (κ3) is 3.61. The number of nitrogens with zero attached hydrogens (tertiary/aromatic N) is 2. The van der Waals surface area contributed by atoms with Gasteiger partial charge < -0.3 is 14.6 Å². The zero-order chi connectivity index (χ0) is 17.8. The van der Waals surface area contributed by atoms with Crippen LogP contribution in [0.1, 0.15) is 12.7 Å². The lowest BCUT2D eigenvalue weighted by Crippen LogP contribution is -2.44. The van der Waals surface area contributed by atoms with Crippen LogP contribution in [-0.2, 0) is 13.1 Å². The second-order valence-corrected chi connectivity index (χ2v) is 6.03. The van der Waals surface area contributed by atoms with E-state index in [4.69, 9.17) is 9.47 Å². The predicted molar refractivity (Wildman–Crippen MR) is 97.0 cm³/mol. The number of rotatable bonds is 7. The zero-order valence-electron chi connectivity index (χ0n) is 15.0. The van der Waals surface area contributed by atoms with Crippen LogP contribution in [-0.4, -0.2) is 29.5 Å². The molecule has 5 heteroatoms. The van der Waals surface area contributed by atoms with Crippen molar-refractivity contribution in [1.82, 2.24) is 4.57 Å². The van der Waals surface area contributed by atoms with Crippen LogP contribution in [0.5, 0.6) is 11.5 Å². The highest BCUT2D eigenvalue weighted by Gasteiger charge is 2.22.